The molecule has 1 heterocycles. The number of ether oxygens (including phenoxy) is 2. The van der Waals surface area contributed by atoms with E-state index in [1.54, 1.807) is 46.8 Å². The fourth-order valence-electron chi connectivity index (χ4n) is 2.33. The summed E-state index contributed by atoms with van der Waals surface area (Å²) in [4.78, 5) is 35.7. The highest BCUT2D eigenvalue weighted by atomic mass is 16.6. The Labute approximate surface area is 151 Å². The summed E-state index contributed by atoms with van der Waals surface area (Å²) in [5.41, 5.74) is -0.0443. The Morgan fingerprint density at radius 2 is 1.92 bits per heavy atom. The molecular formula is C19H23NO6. The smallest absolute Gasteiger partial charge is 0.408 e. The molecular weight excluding hydrogens is 338 g/mol. The summed E-state index contributed by atoms with van der Waals surface area (Å²) in [6.45, 7) is 8.74. The number of hydrogen-bond donors (Lipinski definition) is 1. The van der Waals surface area contributed by atoms with Crippen LogP contribution in [-0.4, -0.2) is 23.7 Å². The molecule has 140 valence electrons. The van der Waals surface area contributed by atoms with Crippen LogP contribution in [0.2, 0.25) is 0 Å². The highest BCUT2D eigenvalue weighted by molar-refractivity contribution is 5.85. The highest BCUT2D eigenvalue weighted by Crippen LogP contribution is 2.22. The third-order valence-electron chi connectivity index (χ3n) is 3.52. The van der Waals surface area contributed by atoms with Gasteiger partial charge in [0.15, 0.2) is 0 Å². The molecule has 7 heteroatoms. The van der Waals surface area contributed by atoms with Gasteiger partial charge in [-0.1, -0.05) is 6.92 Å². The molecule has 7 nitrogen and oxygen atoms in total. The number of nitrogens with one attached hydrogen (secondary N) is 1. The van der Waals surface area contributed by atoms with Crippen molar-refractivity contribution < 1.29 is 23.5 Å². The molecule has 2 rings (SSSR count). The summed E-state index contributed by atoms with van der Waals surface area (Å²) in [5.74, 6) is -0.409. The van der Waals surface area contributed by atoms with Crippen molar-refractivity contribution in [2.75, 3.05) is 0 Å². The predicted octanol–water partition coefficient (Wildman–Crippen LogP) is 3.31. The van der Waals surface area contributed by atoms with Crippen LogP contribution in [0, 0.1) is 6.92 Å². The molecule has 0 aliphatic carbocycles. The molecule has 1 aromatic carbocycles. The number of hydrogen-bond acceptors (Lipinski definition) is 6. The van der Waals surface area contributed by atoms with E-state index in [-0.39, 0.29) is 5.75 Å². The van der Waals surface area contributed by atoms with E-state index in [1.807, 2.05) is 0 Å². The first kappa shape index (κ1) is 19.5. The SMILES string of the molecule is CCC(NC(=O)OC(C)(C)C)C(=O)Oc1ccc2c(C)cc(=O)oc2c1. The minimum atomic E-state index is -0.856. The molecule has 0 saturated carbocycles. The lowest BCUT2D eigenvalue weighted by Crippen LogP contribution is -2.44. The quantitative estimate of drug-likeness (QED) is 0.510. The van der Waals surface area contributed by atoms with Gasteiger partial charge in [-0.15, -0.1) is 0 Å². The maximum absolute atomic E-state index is 12.3. The number of rotatable bonds is 4. The van der Waals surface area contributed by atoms with Crippen molar-refractivity contribution in [3.8, 4) is 5.75 Å². The number of aryl methyl sites for hydroxylation is 1. The van der Waals surface area contributed by atoms with Crippen molar-refractivity contribution in [2.45, 2.75) is 52.7 Å². The standard InChI is InChI=1S/C19H23NO6/c1-6-14(20-18(23)26-19(3,4)5)17(22)24-12-7-8-13-11(2)9-16(21)25-15(13)10-12/h7-10,14H,6H2,1-5H3,(H,20,23). The lowest BCUT2D eigenvalue weighted by atomic mass is 10.1. The van der Waals surface area contributed by atoms with Gasteiger partial charge < -0.3 is 19.2 Å². The fourth-order valence-corrected chi connectivity index (χ4v) is 2.33. The Morgan fingerprint density at radius 3 is 2.54 bits per heavy atom. The van der Waals surface area contributed by atoms with Gasteiger partial charge in [-0.2, -0.15) is 0 Å². The van der Waals surface area contributed by atoms with Gasteiger partial charge in [0.1, 0.15) is 23.0 Å². The molecule has 1 aromatic heterocycles. The normalized spacial score (nSPS) is 12.5. The van der Waals surface area contributed by atoms with Crippen LogP contribution in [0.15, 0.2) is 33.5 Å². The van der Waals surface area contributed by atoms with E-state index >= 15 is 0 Å². The molecule has 2 aromatic rings. The summed E-state index contributed by atoms with van der Waals surface area (Å²) >= 11 is 0. The van der Waals surface area contributed by atoms with E-state index in [4.69, 9.17) is 13.9 Å². The molecule has 0 fully saturated rings. The summed E-state index contributed by atoms with van der Waals surface area (Å²) in [6, 6.07) is 5.32. The van der Waals surface area contributed by atoms with Gasteiger partial charge in [-0.3, -0.25) is 0 Å². The molecule has 0 spiro atoms. The molecule has 0 bridgehead atoms. The van der Waals surface area contributed by atoms with Crippen LogP contribution in [0.4, 0.5) is 4.79 Å². The van der Waals surface area contributed by atoms with E-state index in [2.05, 4.69) is 5.32 Å². The molecule has 1 unspecified atom stereocenters. The van der Waals surface area contributed by atoms with Crippen LogP contribution in [0.5, 0.6) is 5.75 Å². The maximum Gasteiger partial charge on any atom is 0.408 e. The van der Waals surface area contributed by atoms with Crippen molar-refractivity contribution in [1.29, 1.82) is 0 Å². The number of alkyl carbamates (subject to hydrolysis) is 1. The Kier molecular flexibility index (Phi) is 5.69. The van der Waals surface area contributed by atoms with Gasteiger partial charge >= 0.3 is 17.7 Å². The zero-order valence-corrected chi connectivity index (χ0v) is 15.5. The zero-order chi connectivity index (χ0) is 19.5. The Hall–Kier alpha value is -2.83. The molecule has 26 heavy (non-hydrogen) atoms. The van der Waals surface area contributed by atoms with Crippen molar-refractivity contribution in [2.24, 2.45) is 0 Å². The predicted molar refractivity (Wildman–Crippen MR) is 96.3 cm³/mol. The van der Waals surface area contributed by atoms with Crippen LogP contribution in [0.3, 0.4) is 0 Å². The molecule has 1 amide bonds. The summed E-state index contributed by atoms with van der Waals surface area (Å²) in [5, 5.41) is 3.24. The van der Waals surface area contributed by atoms with Gasteiger partial charge in [0.05, 0.1) is 0 Å². The molecule has 1 N–H and O–H groups in total. The Balaban J connectivity index is 2.13. The lowest BCUT2D eigenvalue weighted by Gasteiger charge is -2.22. The summed E-state index contributed by atoms with van der Waals surface area (Å²) in [6.07, 6.45) is -0.360. The van der Waals surface area contributed by atoms with E-state index in [9.17, 15) is 14.4 Å². The van der Waals surface area contributed by atoms with Crippen LogP contribution in [0.25, 0.3) is 11.0 Å². The van der Waals surface area contributed by atoms with Crippen LogP contribution in [0.1, 0.15) is 39.7 Å². The minimum absolute atomic E-state index is 0.223. The zero-order valence-electron chi connectivity index (χ0n) is 15.5. The average molecular weight is 361 g/mol. The summed E-state index contributed by atoms with van der Waals surface area (Å²) < 4.78 is 15.6. The van der Waals surface area contributed by atoms with Gasteiger partial charge in [0.2, 0.25) is 0 Å². The number of fused-ring (bicyclic) bond motifs is 1. The molecule has 0 saturated heterocycles. The van der Waals surface area contributed by atoms with Crippen LogP contribution >= 0.6 is 0 Å². The van der Waals surface area contributed by atoms with Gasteiger partial charge in [0.25, 0.3) is 0 Å². The number of esters is 1. The van der Waals surface area contributed by atoms with Crippen molar-refractivity contribution in [3.63, 3.8) is 0 Å². The first-order valence-corrected chi connectivity index (χ1v) is 8.35. The Bertz CT molecular complexity index is 878. The monoisotopic (exact) mass is 361 g/mol. The highest BCUT2D eigenvalue weighted by Gasteiger charge is 2.24. The van der Waals surface area contributed by atoms with Gasteiger partial charge in [-0.05, 0) is 51.8 Å². The minimum Gasteiger partial charge on any atom is -0.444 e. The van der Waals surface area contributed by atoms with E-state index in [0.29, 0.717) is 12.0 Å². The molecule has 0 aliphatic heterocycles. The second kappa shape index (κ2) is 7.59. The first-order chi connectivity index (χ1) is 12.1. The largest absolute Gasteiger partial charge is 0.444 e. The third kappa shape index (κ3) is 5.08. The topological polar surface area (TPSA) is 94.8 Å². The average Bonchev–Trinajstić information content (AvgIpc) is 2.50. The second-order valence-corrected chi connectivity index (χ2v) is 6.93. The summed E-state index contributed by atoms with van der Waals surface area (Å²) in [7, 11) is 0. The number of amides is 1. The van der Waals surface area contributed by atoms with Crippen molar-refractivity contribution in [3.05, 3.63) is 40.2 Å². The van der Waals surface area contributed by atoms with Crippen LogP contribution < -0.4 is 15.7 Å². The van der Waals surface area contributed by atoms with E-state index in [1.165, 1.54) is 12.1 Å². The Morgan fingerprint density at radius 1 is 1.23 bits per heavy atom. The molecule has 0 radical (unpaired) electrons. The third-order valence-corrected chi connectivity index (χ3v) is 3.52. The maximum atomic E-state index is 12.3. The molecule has 0 aliphatic rings. The van der Waals surface area contributed by atoms with E-state index in [0.717, 1.165) is 10.9 Å². The van der Waals surface area contributed by atoms with Crippen LogP contribution in [-0.2, 0) is 9.53 Å². The number of benzene rings is 1. The second-order valence-electron chi connectivity index (χ2n) is 6.93. The van der Waals surface area contributed by atoms with Gasteiger partial charge in [0, 0.05) is 17.5 Å². The van der Waals surface area contributed by atoms with Gasteiger partial charge in [-0.25, -0.2) is 14.4 Å². The lowest BCUT2D eigenvalue weighted by molar-refractivity contribution is -0.136. The number of carbonyl (C=O) groups excluding carboxylic acids is 2. The van der Waals surface area contributed by atoms with Crippen molar-refractivity contribution >= 4 is 23.0 Å². The van der Waals surface area contributed by atoms with E-state index < -0.39 is 29.3 Å². The first-order valence-electron chi connectivity index (χ1n) is 8.35. The number of carbonyl (C=O) groups is 2. The fraction of sp³-hybridized carbons (Fsp3) is 0.421. The van der Waals surface area contributed by atoms with Crippen molar-refractivity contribution in [1.82, 2.24) is 5.32 Å². The molecule has 1 atom stereocenters.